The van der Waals surface area contributed by atoms with E-state index >= 15 is 0 Å². The maximum Gasteiger partial charge on any atom is 0.407 e. The predicted molar refractivity (Wildman–Crippen MR) is 110 cm³/mol. The first-order chi connectivity index (χ1) is 13.3. The van der Waals surface area contributed by atoms with Crippen LogP contribution in [0, 0.1) is 5.82 Å². The number of para-hydroxylation sites is 1. The van der Waals surface area contributed by atoms with Gasteiger partial charge in [-0.15, -0.1) is 0 Å². The molecule has 0 spiro atoms. The van der Waals surface area contributed by atoms with E-state index in [1.54, 1.807) is 13.1 Å². The van der Waals surface area contributed by atoms with E-state index in [4.69, 9.17) is 4.74 Å². The molecule has 0 unspecified atom stereocenters. The Morgan fingerprint density at radius 2 is 1.79 bits per heavy atom. The number of nitrogens with one attached hydrogen (secondary N) is 2. The number of amides is 1. The third-order valence-corrected chi connectivity index (χ3v) is 4.29. The average molecular weight is 394 g/mol. The number of piperazine rings is 1. The zero-order valence-electron chi connectivity index (χ0n) is 17.3. The fourth-order valence-electron chi connectivity index (χ4n) is 2.99. The number of aliphatic imine (C=N–C) groups is 1. The highest BCUT2D eigenvalue weighted by atomic mass is 19.1. The van der Waals surface area contributed by atoms with Crippen LogP contribution < -0.4 is 15.5 Å². The maximum absolute atomic E-state index is 14.0. The largest absolute Gasteiger partial charge is 0.444 e. The summed E-state index contributed by atoms with van der Waals surface area (Å²) in [6.07, 6.45) is 0.356. The Morgan fingerprint density at radius 1 is 1.14 bits per heavy atom. The van der Waals surface area contributed by atoms with Gasteiger partial charge in [0.05, 0.1) is 5.69 Å². The number of alkyl carbamates (subject to hydrolysis) is 1. The number of guanidine groups is 1. The minimum atomic E-state index is -0.491. The minimum absolute atomic E-state index is 0.184. The lowest BCUT2D eigenvalue weighted by Crippen LogP contribution is -2.53. The van der Waals surface area contributed by atoms with Crippen LogP contribution in [-0.2, 0) is 4.74 Å². The van der Waals surface area contributed by atoms with Gasteiger partial charge >= 0.3 is 6.09 Å². The Morgan fingerprint density at radius 3 is 2.39 bits per heavy atom. The summed E-state index contributed by atoms with van der Waals surface area (Å²) in [5.41, 5.74) is 0.160. The summed E-state index contributed by atoms with van der Waals surface area (Å²) < 4.78 is 19.2. The van der Waals surface area contributed by atoms with Crippen LogP contribution >= 0.6 is 0 Å². The normalized spacial score (nSPS) is 15.4. The molecule has 1 aliphatic heterocycles. The maximum atomic E-state index is 14.0. The number of anilines is 1. The number of nitrogens with zero attached hydrogens (tertiary/aromatic N) is 3. The van der Waals surface area contributed by atoms with E-state index in [0.29, 0.717) is 18.8 Å². The van der Waals surface area contributed by atoms with Crippen molar-refractivity contribution in [2.24, 2.45) is 4.99 Å². The van der Waals surface area contributed by atoms with Gasteiger partial charge in [0.15, 0.2) is 5.96 Å². The Bertz CT molecular complexity index is 667. The number of hydrogen-bond donors (Lipinski definition) is 2. The smallest absolute Gasteiger partial charge is 0.407 e. The lowest BCUT2D eigenvalue weighted by atomic mass is 10.2. The molecular formula is C20H32FN5O2. The van der Waals surface area contributed by atoms with Gasteiger partial charge in [-0.3, -0.25) is 4.99 Å². The summed E-state index contributed by atoms with van der Waals surface area (Å²) in [5.74, 6) is 0.640. The second-order valence-electron chi connectivity index (χ2n) is 7.68. The topological polar surface area (TPSA) is 69.2 Å². The third kappa shape index (κ3) is 6.90. The molecule has 8 heteroatoms. The van der Waals surface area contributed by atoms with Crippen molar-refractivity contribution in [1.29, 1.82) is 0 Å². The summed E-state index contributed by atoms with van der Waals surface area (Å²) >= 11 is 0. The van der Waals surface area contributed by atoms with Crippen LogP contribution in [0.15, 0.2) is 29.3 Å². The Labute approximate surface area is 166 Å². The number of hydrogen-bond acceptors (Lipinski definition) is 4. The number of rotatable bonds is 5. The van der Waals surface area contributed by atoms with Gasteiger partial charge in [-0.25, -0.2) is 9.18 Å². The zero-order valence-corrected chi connectivity index (χ0v) is 17.3. The summed E-state index contributed by atoms with van der Waals surface area (Å²) in [5, 5.41) is 6.06. The lowest BCUT2D eigenvalue weighted by molar-refractivity contribution is 0.0527. The van der Waals surface area contributed by atoms with E-state index in [2.05, 4.69) is 25.4 Å². The average Bonchev–Trinajstić information content (AvgIpc) is 2.64. The van der Waals surface area contributed by atoms with Crippen LogP contribution in [0.5, 0.6) is 0 Å². The van der Waals surface area contributed by atoms with Gasteiger partial charge in [0.25, 0.3) is 0 Å². The lowest BCUT2D eigenvalue weighted by Gasteiger charge is -2.37. The minimum Gasteiger partial charge on any atom is -0.444 e. The van der Waals surface area contributed by atoms with Gasteiger partial charge in [0.1, 0.15) is 11.4 Å². The first-order valence-corrected chi connectivity index (χ1v) is 9.72. The Balaban J connectivity index is 1.69. The predicted octanol–water partition coefficient (Wildman–Crippen LogP) is 2.44. The molecule has 2 rings (SSSR count). The molecule has 1 amide bonds. The standard InChI is InChI=1S/C20H32FN5O2/c1-20(2,3)28-19(27)24-11-7-10-23-18(22-4)26-14-12-25(13-15-26)17-9-6-5-8-16(17)21/h5-6,8-9H,7,10-15H2,1-4H3,(H,22,23)(H,24,27). The zero-order chi connectivity index (χ0) is 20.6. The third-order valence-electron chi connectivity index (χ3n) is 4.29. The second-order valence-corrected chi connectivity index (χ2v) is 7.68. The molecule has 1 aromatic carbocycles. The van der Waals surface area contributed by atoms with Crippen LogP contribution in [-0.4, -0.2) is 68.9 Å². The first kappa shape index (κ1) is 21.8. The number of benzene rings is 1. The number of ether oxygens (including phenoxy) is 1. The SMILES string of the molecule is CN=C(NCCCNC(=O)OC(C)(C)C)N1CCN(c2ccccc2F)CC1. The van der Waals surface area contributed by atoms with Crippen LogP contribution in [0.2, 0.25) is 0 Å². The molecule has 1 aliphatic rings. The van der Waals surface area contributed by atoms with Crippen molar-refractivity contribution >= 4 is 17.7 Å². The van der Waals surface area contributed by atoms with E-state index in [1.165, 1.54) is 6.07 Å². The van der Waals surface area contributed by atoms with Crippen LogP contribution in [0.25, 0.3) is 0 Å². The Hall–Kier alpha value is -2.51. The molecule has 2 N–H and O–H groups in total. The highest BCUT2D eigenvalue weighted by Gasteiger charge is 2.21. The van der Waals surface area contributed by atoms with Crippen molar-refractivity contribution < 1.29 is 13.9 Å². The van der Waals surface area contributed by atoms with Crippen molar-refractivity contribution in [2.75, 3.05) is 51.2 Å². The van der Waals surface area contributed by atoms with Crippen LogP contribution in [0.4, 0.5) is 14.9 Å². The van der Waals surface area contributed by atoms with Crippen LogP contribution in [0.3, 0.4) is 0 Å². The van der Waals surface area contributed by atoms with Crippen molar-refractivity contribution in [2.45, 2.75) is 32.8 Å². The van der Waals surface area contributed by atoms with E-state index < -0.39 is 11.7 Å². The molecular weight excluding hydrogens is 361 g/mol. The molecule has 0 bridgehead atoms. The molecule has 0 aromatic heterocycles. The van der Waals surface area contributed by atoms with E-state index in [0.717, 1.165) is 38.6 Å². The molecule has 28 heavy (non-hydrogen) atoms. The number of carbonyl (C=O) groups excluding carboxylic acids is 1. The van der Waals surface area contributed by atoms with Gasteiger partial charge in [-0.05, 0) is 39.3 Å². The van der Waals surface area contributed by atoms with Gasteiger partial charge in [0.2, 0.25) is 0 Å². The molecule has 0 aliphatic carbocycles. The molecule has 1 heterocycles. The molecule has 0 atom stereocenters. The highest BCUT2D eigenvalue weighted by molar-refractivity contribution is 5.80. The quantitative estimate of drug-likeness (QED) is 0.457. The van der Waals surface area contributed by atoms with Crippen molar-refractivity contribution in [3.05, 3.63) is 30.1 Å². The number of halogens is 1. The van der Waals surface area contributed by atoms with Gasteiger partial charge in [-0.1, -0.05) is 12.1 Å². The first-order valence-electron chi connectivity index (χ1n) is 9.72. The van der Waals surface area contributed by atoms with E-state index in [-0.39, 0.29) is 5.82 Å². The number of carbonyl (C=O) groups is 1. The second kappa shape index (κ2) is 10.1. The van der Waals surface area contributed by atoms with E-state index in [1.807, 2.05) is 32.9 Å². The molecule has 1 saturated heterocycles. The monoisotopic (exact) mass is 393 g/mol. The summed E-state index contributed by atoms with van der Waals surface area (Å²) in [6, 6.07) is 6.87. The summed E-state index contributed by atoms with van der Waals surface area (Å²) in [4.78, 5) is 20.2. The fraction of sp³-hybridized carbons (Fsp3) is 0.600. The van der Waals surface area contributed by atoms with Crippen molar-refractivity contribution in [1.82, 2.24) is 15.5 Å². The van der Waals surface area contributed by atoms with Crippen LogP contribution in [0.1, 0.15) is 27.2 Å². The summed E-state index contributed by atoms with van der Waals surface area (Å²) in [7, 11) is 1.75. The molecule has 156 valence electrons. The molecule has 0 radical (unpaired) electrons. The molecule has 1 fully saturated rings. The van der Waals surface area contributed by atoms with Gasteiger partial charge in [-0.2, -0.15) is 0 Å². The van der Waals surface area contributed by atoms with Gasteiger partial charge in [0, 0.05) is 46.3 Å². The molecule has 0 saturated carbocycles. The highest BCUT2D eigenvalue weighted by Crippen LogP contribution is 2.20. The van der Waals surface area contributed by atoms with E-state index in [9.17, 15) is 9.18 Å². The summed E-state index contributed by atoms with van der Waals surface area (Å²) in [6.45, 7) is 9.74. The van der Waals surface area contributed by atoms with Crippen molar-refractivity contribution in [3.8, 4) is 0 Å². The van der Waals surface area contributed by atoms with Crippen molar-refractivity contribution in [3.63, 3.8) is 0 Å². The molecule has 7 nitrogen and oxygen atoms in total. The Kier molecular flexibility index (Phi) is 7.90. The fourth-order valence-corrected chi connectivity index (χ4v) is 2.99. The van der Waals surface area contributed by atoms with Gasteiger partial charge < -0.3 is 25.2 Å². The molecule has 1 aromatic rings.